The Bertz CT molecular complexity index is 4210. The molecule has 340 valence electrons. The highest BCUT2D eigenvalue weighted by Crippen LogP contribution is 2.45. The number of rotatable bonds is 8. The molecule has 0 radical (unpaired) electrons. The van der Waals surface area contributed by atoms with Gasteiger partial charge in [-0.15, -0.1) is 0 Å². The molecular weight excluding hydrogens is 879 g/mol. The lowest BCUT2D eigenvalue weighted by Gasteiger charge is -2.17. The van der Waals surface area contributed by atoms with E-state index in [-0.39, 0.29) is 0 Å². The van der Waals surface area contributed by atoms with Gasteiger partial charge in [-0.25, -0.2) is 0 Å². The van der Waals surface area contributed by atoms with Crippen LogP contribution < -0.4 is 0 Å². The van der Waals surface area contributed by atoms with Crippen molar-refractivity contribution < 1.29 is 0 Å². The van der Waals surface area contributed by atoms with E-state index in [4.69, 9.17) is 0 Å². The normalized spacial score (nSPS) is 11.6. The summed E-state index contributed by atoms with van der Waals surface area (Å²) in [5, 5.41) is 9.89. The summed E-state index contributed by atoms with van der Waals surface area (Å²) in [6.45, 7) is 0. The van der Waals surface area contributed by atoms with Gasteiger partial charge in [-0.05, 0) is 153 Å². The standard InChI is InChI=1S/C72H47N/c1-5-19-48(20-6-1)52-33-37-58(65(43-52)50-23-9-3-10-24-50)55-35-40-71-68(46-55)69-47-56(59-38-34-53(49-21-7-2-8-22-49)44-66(59)51-25-11-4-12-26-51)36-41-72(69)73(71)70-42-39-63(61-30-17-18-32-64(61)70)67-45-54-27-13-14-28-57(54)60-29-15-16-31-62(60)67/h1-47H. The Hall–Kier alpha value is -9.56. The van der Waals surface area contributed by atoms with Gasteiger partial charge in [0.15, 0.2) is 0 Å². The number of hydrogen-bond acceptors (Lipinski definition) is 0. The Morgan fingerprint density at radius 2 is 0.575 bits per heavy atom. The minimum Gasteiger partial charge on any atom is -0.309 e. The number of fused-ring (bicyclic) bond motifs is 7. The lowest BCUT2D eigenvalue weighted by Crippen LogP contribution is -1.97. The molecule has 0 spiro atoms. The molecule has 1 heterocycles. The summed E-state index contributed by atoms with van der Waals surface area (Å²) in [7, 11) is 0. The molecule has 0 amide bonds. The van der Waals surface area contributed by atoms with Crippen molar-refractivity contribution in [3.63, 3.8) is 0 Å². The Morgan fingerprint density at radius 3 is 1.10 bits per heavy atom. The maximum Gasteiger partial charge on any atom is 0.0541 e. The van der Waals surface area contributed by atoms with Gasteiger partial charge in [0.1, 0.15) is 0 Å². The molecule has 0 aliphatic rings. The SMILES string of the molecule is c1ccc(-c2ccc(-c3ccc4c(c3)c3cc(-c5ccc(-c6ccccc6)cc5-c5ccccc5)ccc3n4-c3ccc(-c4cc5ccccc5c5ccccc45)c4ccccc34)c(-c3ccccc3)c2)cc1. The maximum absolute atomic E-state index is 2.51. The van der Waals surface area contributed by atoms with Crippen molar-refractivity contribution in [2.75, 3.05) is 0 Å². The van der Waals surface area contributed by atoms with Crippen LogP contribution in [0.25, 0.3) is 138 Å². The van der Waals surface area contributed by atoms with E-state index in [2.05, 4.69) is 290 Å². The molecule has 0 unspecified atom stereocenters. The van der Waals surface area contributed by atoms with Gasteiger partial charge in [0.05, 0.1) is 16.7 Å². The van der Waals surface area contributed by atoms with Crippen molar-refractivity contribution in [2.45, 2.75) is 0 Å². The van der Waals surface area contributed by atoms with Gasteiger partial charge in [-0.2, -0.15) is 0 Å². The van der Waals surface area contributed by atoms with Gasteiger partial charge in [0, 0.05) is 16.2 Å². The third kappa shape index (κ3) is 7.33. The van der Waals surface area contributed by atoms with Crippen LogP contribution in [-0.2, 0) is 0 Å². The molecule has 14 rings (SSSR count). The minimum absolute atomic E-state index is 1.15. The highest BCUT2D eigenvalue weighted by atomic mass is 15.0. The average Bonchev–Trinajstić information content (AvgIpc) is 3.80. The lowest BCUT2D eigenvalue weighted by atomic mass is 9.90. The monoisotopic (exact) mass is 925 g/mol. The third-order valence-corrected chi connectivity index (χ3v) is 15.0. The molecule has 0 aliphatic heterocycles. The average molecular weight is 926 g/mol. The summed E-state index contributed by atoms with van der Waals surface area (Å²) in [5.74, 6) is 0. The van der Waals surface area contributed by atoms with Crippen molar-refractivity contribution in [1.29, 1.82) is 0 Å². The predicted molar refractivity (Wildman–Crippen MR) is 311 cm³/mol. The summed E-state index contributed by atoms with van der Waals surface area (Å²) in [5.41, 5.74) is 20.3. The molecule has 1 aromatic heterocycles. The molecule has 0 aliphatic carbocycles. The minimum atomic E-state index is 1.15. The number of benzene rings is 13. The van der Waals surface area contributed by atoms with Crippen molar-refractivity contribution in [2.24, 2.45) is 0 Å². The van der Waals surface area contributed by atoms with E-state index in [0.717, 1.165) is 16.7 Å². The van der Waals surface area contributed by atoms with Gasteiger partial charge < -0.3 is 4.57 Å². The zero-order chi connectivity index (χ0) is 48.2. The van der Waals surface area contributed by atoms with Crippen molar-refractivity contribution in [3.8, 4) is 83.6 Å². The second-order valence-electron chi connectivity index (χ2n) is 19.2. The topological polar surface area (TPSA) is 4.93 Å². The number of hydrogen-bond donors (Lipinski definition) is 0. The van der Waals surface area contributed by atoms with Gasteiger partial charge in [0.25, 0.3) is 0 Å². The first-order valence-electron chi connectivity index (χ1n) is 25.2. The van der Waals surface area contributed by atoms with Gasteiger partial charge >= 0.3 is 0 Å². The van der Waals surface area contributed by atoms with E-state index in [0.29, 0.717) is 0 Å². The van der Waals surface area contributed by atoms with Crippen LogP contribution in [0.4, 0.5) is 0 Å². The Kier molecular flexibility index (Phi) is 10.3. The highest BCUT2D eigenvalue weighted by Gasteiger charge is 2.21. The summed E-state index contributed by atoms with van der Waals surface area (Å²) < 4.78 is 2.51. The van der Waals surface area contributed by atoms with Crippen LogP contribution in [0.5, 0.6) is 0 Å². The predicted octanol–water partition coefficient (Wildman–Crippen LogP) is 19.9. The van der Waals surface area contributed by atoms with Crippen LogP contribution in [0.3, 0.4) is 0 Å². The molecular formula is C72H47N. The molecule has 73 heavy (non-hydrogen) atoms. The fourth-order valence-electron chi connectivity index (χ4n) is 11.5. The molecule has 0 saturated heterocycles. The van der Waals surface area contributed by atoms with Crippen LogP contribution in [0, 0.1) is 0 Å². The molecule has 0 bridgehead atoms. The molecule has 0 saturated carbocycles. The van der Waals surface area contributed by atoms with Crippen LogP contribution in [0.15, 0.2) is 285 Å². The summed E-state index contributed by atoms with van der Waals surface area (Å²) >= 11 is 0. The smallest absolute Gasteiger partial charge is 0.0541 e. The van der Waals surface area contributed by atoms with Crippen LogP contribution in [0.2, 0.25) is 0 Å². The maximum atomic E-state index is 2.51. The number of nitrogens with zero attached hydrogens (tertiary/aromatic N) is 1. The first-order chi connectivity index (χ1) is 36.2. The van der Waals surface area contributed by atoms with Crippen LogP contribution >= 0.6 is 0 Å². The Labute approximate surface area is 425 Å². The molecule has 1 nitrogen and oxygen atoms in total. The Balaban J connectivity index is 1.02. The van der Waals surface area contributed by atoms with E-state index in [1.807, 2.05) is 0 Å². The van der Waals surface area contributed by atoms with E-state index in [1.54, 1.807) is 0 Å². The second kappa shape index (κ2) is 17.7. The first kappa shape index (κ1) is 42.3. The highest BCUT2D eigenvalue weighted by molar-refractivity contribution is 6.18. The van der Waals surface area contributed by atoms with E-state index >= 15 is 0 Å². The molecule has 14 aromatic rings. The van der Waals surface area contributed by atoms with Gasteiger partial charge in [-0.3, -0.25) is 0 Å². The second-order valence-corrected chi connectivity index (χ2v) is 19.2. The van der Waals surface area contributed by atoms with Crippen molar-refractivity contribution >= 4 is 54.1 Å². The summed E-state index contributed by atoms with van der Waals surface area (Å²) in [6.07, 6.45) is 0. The fourth-order valence-corrected chi connectivity index (χ4v) is 11.5. The zero-order valence-electron chi connectivity index (χ0n) is 40.1. The first-order valence-corrected chi connectivity index (χ1v) is 25.2. The van der Waals surface area contributed by atoms with E-state index < -0.39 is 0 Å². The van der Waals surface area contributed by atoms with Crippen LogP contribution in [-0.4, -0.2) is 4.57 Å². The zero-order valence-corrected chi connectivity index (χ0v) is 40.1. The van der Waals surface area contributed by atoms with Gasteiger partial charge in [-0.1, -0.05) is 237 Å². The molecule has 0 atom stereocenters. The largest absolute Gasteiger partial charge is 0.309 e. The van der Waals surface area contributed by atoms with Crippen molar-refractivity contribution in [3.05, 3.63) is 285 Å². The number of aromatic nitrogens is 1. The summed E-state index contributed by atoms with van der Waals surface area (Å²) in [4.78, 5) is 0. The molecule has 0 N–H and O–H groups in total. The van der Waals surface area contributed by atoms with E-state index in [1.165, 1.54) is 121 Å². The van der Waals surface area contributed by atoms with E-state index in [9.17, 15) is 0 Å². The fraction of sp³-hybridized carbons (Fsp3) is 0. The molecule has 13 aromatic carbocycles. The van der Waals surface area contributed by atoms with Crippen molar-refractivity contribution in [1.82, 2.24) is 4.57 Å². The lowest BCUT2D eigenvalue weighted by molar-refractivity contribution is 1.20. The Morgan fingerprint density at radius 1 is 0.178 bits per heavy atom. The third-order valence-electron chi connectivity index (χ3n) is 15.0. The quantitative estimate of drug-likeness (QED) is 0.134. The van der Waals surface area contributed by atoms with Gasteiger partial charge in [0.2, 0.25) is 0 Å². The van der Waals surface area contributed by atoms with Crippen LogP contribution in [0.1, 0.15) is 0 Å². The molecule has 0 fully saturated rings. The molecule has 1 heteroatoms. The summed E-state index contributed by atoms with van der Waals surface area (Å²) in [6, 6.07) is 105.